The summed E-state index contributed by atoms with van der Waals surface area (Å²) in [5, 5.41) is 0. The van der Waals surface area contributed by atoms with E-state index in [2.05, 4.69) is 0 Å². The molecule has 21 heavy (non-hydrogen) atoms. The number of ether oxygens (including phenoxy) is 2. The molecule has 0 aliphatic carbocycles. The standard InChI is InChI=1S/C17H14O4/c1-11(18)20-17-15(19)13-9-5-6-10-14(13)21-16(17)12-7-3-2-4-8-12/h2-10,16-17H,1H3/t16-,17+/m1/s1. The van der Waals surface area contributed by atoms with Crippen molar-refractivity contribution in [3.8, 4) is 5.75 Å². The monoisotopic (exact) mass is 282 g/mol. The molecule has 1 aliphatic rings. The topological polar surface area (TPSA) is 52.6 Å². The molecule has 0 bridgehead atoms. The smallest absolute Gasteiger partial charge is 0.303 e. The number of hydrogen-bond donors (Lipinski definition) is 0. The average molecular weight is 282 g/mol. The van der Waals surface area contributed by atoms with Gasteiger partial charge in [0.1, 0.15) is 5.75 Å². The third-order valence-corrected chi connectivity index (χ3v) is 3.36. The molecule has 1 heterocycles. The molecular formula is C17H14O4. The van der Waals surface area contributed by atoms with E-state index in [4.69, 9.17) is 9.47 Å². The summed E-state index contributed by atoms with van der Waals surface area (Å²) in [6.45, 7) is 1.29. The number of hydrogen-bond acceptors (Lipinski definition) is 4. The zero-order chi connectivity index (χ0) is 14.8. The predicted octanol–water partition coefficient (Wildman–Crippen LogP) is 2.93. The number of rotatable bonds is 2. The summed E-state index contributed by atoms with van der Waals surface area (Å²) in [5.41, 5.74) is 1.24. The number of para-hydroxylation sites is 1. The van der Waals surface area contributed by atoms with Gasteiger partial charge in [0.2, 0.25) is 11.9 Å². The van der Waals surface area contributed by atoms with Gasteiger partial charge in [0, 0.05) is 6.92 Å². The van der Waals surface area contributed by atoms with Gasteiger partial charge in [0.25, 0.3) is 0 Å². The van der Waals surface area contributed by atoms with Crippen LogP contribution >= 0.6 is 0 Å². The van der Waals surface area contributed by atoms with Gasteiger partial charge in [0.05, 0.1) is 5.56 Å². The van der Waals surface area contributed by atoms with Gasteiger partial charge >= 0.3 is 5.97 Å². The van der Waals surface area contributed by atoms with Crippen LogP contribution in [0.5, 0.6) is 5.75 Å². The maximum absolute atomic E-state index is 12.6. The molecule has 0 spiro atoms. The van der Waals surface area contributed by atoms with Crippen molar-refractivity contribution in [2.24, 2.45) is 0 Å². The van der Waals surface area contributed by atoms with E-state index in [-0.39, 0.29) is 5.78 Å². The Balaban J connectivity index is 2.05. The van der Waals surface area contributed by atoms with Crippen LogP contribution < -0.4 is 4.74 Å². The van der Waals surface area contributed by atoms with Crippen LogP contribution in [-0.2, 0) is 9.53 Å². The summed E-state index contributed by atoms with van der Waals surface area (Å²) >= 11 is 0. The van der Waals surface area contributed by atoms with Crippen LogP contribution in [0.25, 0.3) is 0 Å². The Labute approximate surface area is 122 Å². The summed E-state index contributed by atoms with van der Waals surface area (Å²) < 4.78 is 11.1. The molecule has 0 saturated carbocycles. The number of Topliss-reactive ketones (excluding diaryl/α,β-unsaturated/α-hetero) is 1. The van der Waals surface area contributed by atoms with Gasteiger partial charge < -0.3 is 9.47 Å². The van der Waals surface area contributed by atoms with E-state index in [0.717, 1.165) is 5.56 Å². The highest BCUT2D eigenvalue weighted by molar-refractivity contribution is 6.04. The van der Waals surface area contributed by atoms with Crippen LogP contribution in [0.4, 0.5) is 0 Å². The van der Waals surface area contributed by atoms with Crippen molar-refractivity contribution in [2.75, 3.05) is 0 Å². The summed E-state index contributed by atoms with van der Waals surface area (Å²) in [7, 11) is 0. The molecule has 0 radical (unpaired) electrons. The second-order valence-corrected chi connectivity index (χ2v) is 4.84. The molecule has 106 valence electrons. The molecule has 2 aromatic rings. The fourth-order valence-electron chi connectivity index (χ4n) is 2.44. The number of ketones is 1. The predicted molar refractivity (Wildman–Crippen MR) is 76.1 cm³/mol. The Bertz CT molecular complexity index is 678. The third kappa shape index (κ3) is 2.52. The van der Waals surface area contributed by atoms with E-state index in [0.29, 0.717) is 11.3 Å². The Kier molecular flexibility index (Phi) is 3.44. The molecule has 2 atom stereocenters. The maximum Gasteiger partial charge on any atom is 0.303 e. The molecule has 0 amide bonds. The van der Waals surface area contributed by atoms with Gasteiger partial charge in [-0.2, -0.15) is 0 Å². The van der Waals surface area contributed by atoms with Crippen LogP contribution in [-0.4, -0.2) is 17.9 Å². The molecule has 1 aliphatic heterocycles. The highest BCUT2D eigenvalue weighted by Gasteiger charge is 2.40. The summed E-state index contributed by atoms with van der Waals surface area (Å²) in [5.74, 6) is -0.224. The Hall–Kier alpha value is -2.62. The Morgan fingerprint density at radius 2 is 1.71 bits per heavy atom. The highest BCUT2D eigenvalue weighted by Crippen LogP contribution is 2.36. The van der Waals surface area contributed by atoms with Crippen LogP contribution in [0.2, 0.25) is 0 Å². The van der Waals surface area contributed by atoms with Crippen LogP contribution in [0.15, 0.2) is 54.6 Å². The average Bonchev–Trinajstić information content (AvgIpc) is 2.50. The minimum atomic E-state index is -0.959. The number of fused-ring (bicyclic) bond motifs is 1. The highest BCUT2D eigenvalue weighted by atomic mass is 16.6. The second-order valence-electron chi connectivity index (χ2n) is 4.84. The van der Waals surface area contributed by atoms with Gasteiger partial charge in [-0.1, -0.05) is 42.5 Å². The first-order valence-electron chi connectivity index (χ1n) is 6.69. The molecule has 4 nitrogen and oxygen atoms in total. The fourth-order valence-corrected chi connectivity index (χ4v) is 2.44. The van der Waals surface area contributed by atoms with Gasteiger partial charge in [-0.25, -0.2) is 0 Å². The third-order valence-electron chi connectivity index (χ3n) is 3.36. The number of esters is 1. The summed E-state index contributed by atoms with van der Waals surface area (Å²) in [6, 6.07) is 16.3. The molecule has 0 fully saturated rings. The molecule has 0 unspecified atom stereocenters. The first-order valence-corrected chi connectivity index (χ1v) is 6.69. The van der Waals surface area contributed by atoms with E-state index >= 15 is 0 Å². The van der Waals surface area contributed by atoms with E-state index in [1.165, 1.54) is 6.92 Å². The maximum atomic E-state index is 12.6. The Morgan fingerprint density at radius 3 is 2.43 bits per heavy atom. The van der Waals surface area contributed by atoms with Gasteiger partial charge in [-0.15, -0.1) is 0 Å². The van der Waals surface area contributed by atoms with Crippen molar-refractivity contribution in [3.63, 3.8) is 0 Å². The summed E-state index contributed by atoms with van der Waals surface area (Å²) in [4.78, 5) is 23.9. The van der Waals surface area contributed by atoms with E-state index in [1.807, 2.05) is 30.3 Å². The fraction of sp³-hybridized carbons (Fsp3) is 0.176. The lowest BCUT2D eigenvalue weighted by Gasteiger charge is -2.32. The van der Waals surface area contributed by atoms with Crippen molar-refractivity contribution >= 4 is 11.8 Å². The summed E-state index contributed by atoms with van der Waals surface area (Å²) in [6.07, 6.45) is -1.59. The Morgan fingerprint density at radius 1 is 1.05 bits per heavy atom. The van der Waals surface area contributed by atoms with Crippen LogP contribution in [0.3, 0.4) is 0 Å². The first kappa shape index (κ1) is 13.4. The minimum absolute atomic E-state index is 0.235. The van der Waals surface area contributed by atoms with Crippen molar-refractivity contribution in [1.29, 1.82) is 0 Å². The van der Waals surface area contributed by atoms with E-state index < -0.39 is 18.2 Å². The first-order chi connectivity index (χ1) is 10.2. The second kappa shape index (κ2) is 5.40. The molecular weight excluding hydrogens is 268 g/mol. The molecule has 2 aromatic carbocycles. The van der Waals surface area contributed by atoms with Crippen molar-refractivity contribution in [3.05, 3.63) is 65.7 Å². The largest absolute Gasteiger partial charge is 0.481 e. The number of carbonyl (C=O) groups is 2. The normalized spacial score (nSPS) is 20.3. The SMILES string of the molecule is CC(=O)O[C@H]1C(=O)c2ccccc2O[C@@H]1c1ccccc1. The number of benzene rings is 2. The van der Waals surface area contributed by atoms with Crippen LogP contribution in [0, 0.1) is 0 Å². The quantitative estimate of drug-likeness (QED) is 0.795. The molecule has 0 aromatic heterocycles. The molecule has 4 heteroatoms. The molecule has 3 rings (SSSR count). The van der Waals surface area contributed by atoms with Gasteiger partial charge in [0.15, 0.2) is 6.10 Å². The lowest BCUT2D eigenvalue weighted by Crippen LogP contribution is -2.39. The van der Waals surface area contributed by atoms with Crippen molar-refractivity contribution in [1.82, 2.24) is 0 Å². The minimum Gasteiger partial charge on any atom is -0.481 e. The van der Waals surface area contributed by atoms with Crippen molar-refractivity contribution < 1.29 is 19.1 Å². The lowest BCUT2D eigenvalue weighted by molar-refractivity contribution is -0.148. The van der Waals surface area contributed by atoms with E-state index in [1.54, 1.807) is 24.3 Å². The van der Waals surface area contributed by atoms with Crippen molar-refractivity contribution in [2.45, 2.75) is 19.1 Å². The zero-order valence-corrected chi connectivity index (χ0v) is 11.5. The molecule has 0 N–H and O–H groups in total. The lowest BCUT2D eigenvalue weighted by atomic mass is 9.93. The van der Waals surface area contributed by atoms with Crippen LogP contribution in [0.1, 0.15) is 28.9 Å². The van der Waals surface area contributed by atoms with E-state index in [9.17, 15) is 9.59 Å². The van der Waals surface area contributed by atoms with Gasteiger partial charge in [-0.05, 0) is 17.7 Å². The zero-order valence-electron chi connectivity index (χ0n) is 11.5. The van der Waals surface area contributed by atoms with Gasteiger partial charge in [-0.3, -0.25) is 9.59 Å². The number of carbonyl (C=O) groups excluding carboxylic acids is 2. The molecule has 0 saturated heterocycles.